The number of carboxylic acids is 1. The third-order valence-electron chi connectivity index (χ3n) is 0.301. The molecule has 0 amide bonds. The molecule has 0 saturated heterocycles. The van der Waals surface area contributed by atoms with Gasteiger partial charge in [-0.2, -0.15) is 0 Å². The summed E-state index contributed by atoms with van der Waals surface area (Å²) < 4.78 is 0. The Morgan fingerprint density at radius 3 is 1.67 bits per heavy atom. The van der Waals surface area contributed by atoms with Crippen molar-refractivity contribution in [3.05, 3.63) is 0 Å². The smallest absolute Gasteiger partial charge is 0.371 e. The van der Waals surface area contributed by atoms with Crippen LogP contribution in [0.4, 0.5) is 0 Å². The Hall–Kier alpha value is -0.860. The summed E-state index contributed by atoms with van der Waals surface area (Å²) in [6.45, 7) is 1.00. The molecular formula is C3H4O3. The van der Waals surface area contributed by atoms with E-state index in [9.17, 15) is 9.59 Å². The summed E-state index contributed by atoms with van der Waals surface area (Å²) in [5, 5.41) is 7.64. The van der Waals surface area contributed by atoms with E-state index in [0.717, 1.165) is 6.92 Å². The first-order valence-electron chi connectivity index (χ1n) is 1.38. The number of Topliss-reactive ketones (excluding diaryl/α,β-unsaturated/α-hetero) is 1. The topological polar surface area (TPSA) is 54.4 Å². The van der Waals surface area contributed by atoms with Crippen molar-refractivity contribution in [1.29, 1.82) is 0 Å². The predicted molar refractivity (Wildman–Crippen MR) is 18.3 cm³/mol. The molecule has 0 aliphatic carbocycles. The van der Waals surface area contributed by atoms with Crippen molar-refractivity contribution in [3.8, 4) is 0 Å². The van der Waals surface area contributed by atoms with Gasteiger partial charge in [-0.25, -0.2) is 4.79 Å². The molecule has 0 aliphatic rings. The van der Waals surface area contributed by atoms with Crippen LogP contribution in [-0.4, -0.2) is 16.9 Å². The minimum Gasteiger partial charge on any atom is -0.476 e. The van der Waals surface area contributed by atoms with E-state index >= 15 is 0 Å². The van der Waals surface area contributed by atoms with Crippen LogP contribution < -0.4 is 0 Å². The molecule has 34 valence electrons. The average Bonchev–Trinajstić information content (AvgIpc) is 1.36. The van der Waals surface area contributed by atoms with Gasteiger partial charge < -0.3 is 5.11 Å². The molecule has 0 atom stereocenters. The quantitative estimate of drug-likeness (QED) is 0.354. The summed E-state index contributed by atoms with van der Waals surface area (Å²) in [6, 6.07) is 0. The third-order valence-corrected chi connectivity index (χ3v) is 0.301. The van der Waals surface area contributed by atoms with Crippen LogP contribution in [0.1, 0.15) is 6.92 Å². The molecule has 0 rings (SSSR count). The van der Waals surface area contributed by atoms with Crippen LogP contribution in [0.25, 0.3) is 0 Å². The van der Waals surface area contributed by atoms with Gasteiger partial charge in [0.2, 0.25) is 5.78 Å². The van der Waals surface area contributed by atoms with Crippen LogP contribution in [0.5, 0.6) is 0 Å². The number of carboxylic acid groups (broad SMARTS) is 1. The molecule has 0 bridgehead atoms. The van der Waals surface area contributed by atoms with E-state index < -0.39 is 11.8 Å². The number of carbonyl (C=O) groups is 2. The summed E-state index contributed by atoms with van der Waals surface area (Å²) >= 11 is 0. The zero-order valence-corrected chi connectivity index (χ0v) is 3.26. The van der Waals surface area contributed by atoms with Gasteiger partial charge in [-0.05, 0) is 0 Å². The van der Waals surface area contributed by atoms with Crippen LogP contribution in [0.3, 0.4) is 0 Å². The summed E-state index contributed by atoms with van der Waals surface area (Å²) in [7, 11) is 0. The van der Waals surface area contributed by atoms with Crippen LogP contribution in [0.2, 0.25) is 0 Å². The first-order chi connectivity index (χ1) is 2.64. The van der Waals surface area contributed by atoms with Gasteiger partial charge in [-0.15, -0.1) is 0 Å². The first kappa shape index (κ1) is 5.14. The summed E-state index contributed by atoms with van der Waals surface area (Å²) in [4.78, 5) is 18.9. The fourth-order valence-electron chi connectivity index (χ4n) is 0. The average molecular weight is 91.0 g/mol. The van der Waals surface area contributed by atoms with E-state index in [1.807, 2.05) is 0 Å². The number of ketones is 1. The molecule has 0 aromatic heterocycles. The van der Waals surface area contributed by atoms with Crippen LogP contribution in [0.15, 0.2) is 0 Å². The maximum atomic E-state index is 9.54. The van der Waals surface area contributed by atoms with Crippen molar-refractivity contribution in [3.63, 3.8) is 0 Å². The molecule has 0 fully saturated rings. The van der Waals surface area contributed by atoms with Crippen LogP contribution in [-0.2, 0) is 9.59 Å². The highest BCUT2D eigenvalue weighted by Crippen LogP contribution is 1.61. The molecule has 0 heterocycles. The maximum absolute atomic E-state index is 9.54. The van der Waals surface area contributed by atoms with Gasteiger partial charge in [0.15, 0.2) is 0 Å². The minimum atomic E-state index is -1.38. The fraction of sp³-hybridized carbons (Fsp3) is 0.333. The van der Waals surface area contributed by atoms with Crippen molar-refractivity contribution in [2.45, 2.75) is 6.92 Å². The lowest BCUT2D eigenvalue weighted by Gasteiger charge is -1.73. The highest BCUT2D eigenvalue weighted by atomic mass is 16.5. The van der Waals surface area contributed by atoms with Crippen LogP contribution in [0, 0.1) is 0 Å². The normalized spacial score (nSPS) is 7.50. The molecule has 0 saturated carbocycles. The SMILES string of the molecule is [13CH3][13C](=O)[13C](=O)O. The molecular weight excluding hydrogens is 87.0 g/mol. The molecule has 1 N–H and O–H groups in total. The summed E-state index contributed by atoms with van der Waals surface area (Å²) in [6.07, 6.45) is 0. The zero-order chi connectivity index (χ0) is 5.15. The summed E-state index contributed by atoms with van der Waals surface area (Å²) in [5.74, 6) is -2.20. The second kappa shape index (κ2) is 1.55. The maximum Gasteiger partial charge on any atom is 0.371 e. The Bertz CT molecular complexity index is 72.0. The molecule has 0 spiro atoms. The van der Waals surface area contributed by atoms with Gasteiger partial charge in [-0.3, -0.25) is 4.79 Å². The molecule has 0 aromatic rings. The van der Waals surface area contributed by atoms with Gasteiger partial charge in [0.1, 0.15) is 0 Å². The molecule has 0 aromatic carbocycles. The van der Waals surface area contributed by atoms with E-state index in [1.165, 1.54) is 0 Å². The third kappa shape index (κ3) is 1.46. The molecule has 6 heavy (non-hydrogen) atoms. The van der Waals surface area contributed by atoms with Crippen molar-refractivity contribution in [1.82, 2.24) is 0 Å². The molecule has 3 heteroatoms. The number of hydrogen-bond donors (Lipinski definition) is 1. The molecule has 0 unspecified atom stereocenters. The lowest BCUT2D eigenvalue weighted by molar-refractivity contribution is -0.148. The lowest BCUT2D eigenvalue weighted by atomic mass is 11.4. The summed E-state index contributed by atoms with van der Waals surface area (Å²) in [5.41, 5.74) is 0. The molecule has 0 radical (unpaired) electrons. The highest BCUT2D eigenvalue weighted by Gasteiger charge is 1.98. The van der Waals surface area contributed by atoms with Crippen molar-refractivity contribution < 1.29 is 14.7 Å². The fourth-order valence-corrected chi connectivity index (χ4v) is 0. The second-order valence-electron chi connectivity index (χ2n) is 0.861. The van der Waals surface area contributed by atoms with Crippen molar-refractivity contribution >= 4 is 11.8 Å². The highest BCUT2D eigenvalue weighted by molar-refractivity contribution is 6.31. The zero-order valence-electron chi connectivity index (χ0n) is 3.26. The van der Waals surface area contributed by atoms with E-state index in [2.05, 4.69) is 0 Å². The van der Waals surface area contributed by atoms with Gasteiger partial charge >= 0.3 is 5.97 Å². The van der Waals surface area contributed by atoms with Gasteiger partial charge in [-0.1, -0.05) is 0 Å². The van der Waals surface area contributed by atoms with E-state index in [4.69, 9.17) is 5.11 Å². The number of hydrogen-bond acceptors (Lipinski definition) is 2. The Labute approximate surface area is 34.6 Å². The predicted octanol–water partition coefficient (Wildman–Crippen LogP) is -0.340. The van der Waals surface area contributed by atoms with Gasteiger partial charge in [0.25, 0.3) is 0 Å². The van der Waals surface area contributed by atoms with E-state index in [0.29, 0.717) is 0 Å². The minimum absolute atomic E-state index is 0.824. The Balaban J connectivity index is 3.57. The second-order valence-corrected chi connectivity index (χ2v) is 0.861. The molecule has 0 aliphatic heterocycles. The van der Waals surface area contributed by atoms with Crippen molar-refractivity contribution in [2.75, 3.05) is 0 Å². The van der Waals surface area contributed by atoms with E-state index in [-0.39, 0.29) is 0 Å². The Kier molecular flexibility index (Phi) is 1.32. The number of rotatable bonds is 1. The molecule has 3 nitrogen and oxygen atoms in total. The lowest BCUT2D eigenvalue weighted by Crippen LogP contribution is -2.05. The Morgan fingerprint density at radius 1 is 1.50 bits per heavy atom. The van der Waals surface area contributed by atoms with Crippen molar-refractivity contribution in [2.24, 2.45) is 0 Å². The standard InChI is InChI=1S/C3H4O3/c1-2(4)3(5)6/h1H3,(H,5,6)/i1+1,2+1,3+1. The van der Waals surface area contributed by atoms with Crippen LogP contribution >= 0.6 is 0 Å². The number of aliphatic carboxylic acids is 1. The van der Waals surface area contributed by atoms with Gasteiger partial charge in [0.05, 0.1) is 0 Å². The van der Waals surface area contributed by atoms with E-state index in [1.54, 1.807) is 0 Å². The monoisotopic (exact) mass is 91.0 g/mol. The van der Waals surface area contributed by atoms with Gasteiger partial charge in [0, 0.05) is 6.92 Å². The Morgan fingerprint density at radius 2 is 1.67 bits per heavy atom. The largest absolute Gasteiger partial charge is 0.476 e. The number of carbonyl (C=O) groups excluding carboxylic acids is 1. The first-order valence-corrected chi connectivity index (χ1v) is 1.38.